The lowest BCUT2D eigenvalue weighted by molar-refractivity contribution is -0.123. The molecule has 4 N–H and O–H groups in total. The van der Waals surface area contributed by atoms with Crippen LogP contribution in [0.25, 0.3) is 10.9 Å². The van der Waals surface area contributed by atoms with Gasteiger partial charge in [0.05, 0.1) is 16.9 Å². The van der Waals surface area contributed by atoms with E-state index in [-0.39, 0.29) is 18.2 Å². The van der Waals surface area contributed by atoms with E-state index in [1.54, 1.807) is 24.3 Å². The van der Waals surface area contributed by atoms with Crippen LogP contribution in [0, 0.1) is 5.82 Å². The molecule has 0 unspecified atom stereocenters. The van der Waals surface area contributed by atoms with Crippen molar-refractivity contribution < 1.29 is 13.9 Å². The highest BCUT2D eigenvalue weighted by Gasteiger charge is 2.12. The zero-order chi connectivity index (χ0) is 23.1. The number of amides is 1. The zero-order valence-electron chi connectivity index (χ0n) is 18.0. The van der Waals surface area contributed by atoms with Gasteiger partial charge in [-0.25, -0.2) is 14.4 Å². The van der Waals surface area contributed by atoms with Gasteiger partial charge in [0, 0.05) is 29.0 Å². The number of halogens is 2. The molecule has 3 aromatic rings. The number of carbonyl (C=O) groups is 1. The second kappa shape index (κ2) is 11.1. The Kier molecular flexibility index (Phi) is 8.18. The number of hydrogen-bond donors (Lipinski definition) is 3. The monoisotopic (exact) mass is 504 g/mol. The molecule has 0 bridgehead atoms. The molecule has 3 rings (SSSR count). The van der Waals surface area contributed by atoms with Crippen LogP contribution in [0.4, 0.5) is 21.6 Å². The minimum Gasteiger partial charge on any atom is -0.482 e. The third-order valence-corrected chi connectivity index (χ3v) is 5.45. The quantitative estimate of drug-likeness (QED) is 0.361. The summed E-state index contributed by atoms with van der Waals surface area (Å²) in [5, 5.41) is 6.40. The fourth-order valence-corrected chi connectivity index (χ4v) is 3.46. The van der Waals surface area contributed by atoms with Gasteiger partial charge in [0.1, 0.15) is 23.7 Å². The van der Waals surface area contributed by atoms with Gasteiger partial charge in [-0.15, -0.1) is 0 Å². The molecule has 1 heterocycles. The summed E-state index contributed by atoms with van der Waals surface area (Å²) in [5.41, 5.74) is 7.27. The lowest BCUT2D eigenvalue weighted by Gasteiger charge is -2.18. The van der Waals surface area contributed by atoms with Crippen molar-refractivity contribution in [3.8, 4) is 5.75 Å². The lowest BCUT2D eigenvalue weighted by Crippen LogP contribution is -2.36. The Hall–Kier alpha value is -2.98. The van der Waals surface area contributed by atoms with Crippen molar-refractivity contribution >= 4 is 49.9 Å². The SMILES string of the molecule is CCN(CC)CCNC(=O)COc1cc2ncnc(Nc3ccc(Br)cc3F)c2cc1N. The molecular weight excluding hydrogens is 479 g/mol. The normalized spacial score (nSPS) is 11.0. The fourth-order valence-electron chi connectivity index (χ4n) is 3.13. The van der Waals surface area contributed by atoms with Gasteiger partial charge < -0.3 is 26.0 Å². The van der Waals surface area contributed by atoms with Crippen molar-refractivity contribution in [1.29, 1.82) is 0 Å². The van der Waals surface area contributed by atoms with Crippen LogP contribution in [0.1, 0.15) is 13.8 Å². The number of likely N-dealkylation sites (N-methyl/N-ethyl adjacent to an activating group) is 1. The number of carbonyl (C=O) groups excluding carboxylic acids is 1. The number of nitrogen functional groups attached to an aromatic ring is 1. The largest absolute Gasteiger partial charge is 0.482 e. The molecule has 32 heavy (non-hydrogen) atoms. The summed E-state index contributed by atoms with van der Waals surface area (Å²) >= 11 is 3.24. The Labute approximate surface area is 194 Å². The second-order valence-electron chi connectivity index (χ2n) is 7.04. The third-order valence-electron chi connectivity index (χ3n) is 4.95. The maximum absolute atomic E-state index is 14.2. The number of anilines is 3. The number of benzene rings is 2. The molecule has 0 saturated heterocycles. The van der Waals surface area contributed by atoms with Gasteiger partial charge in [0.25, 0.3) is 5.91 Å². The summed E-state index contributed by atoms with van der Waals surface area (Å²) in [4.78, 5) is 22.8. The predicted octanol–water partition coefficient (Wildman–Crippen LogP) is 3.69. The zero-order valence-corrected chi connectivity index (χ0v) is 19.6. The van der Waals surface area contributed by atoms with E-state index in [1.165, 1.54) is 12.4 Å². The number of rotatable bonds is 10. The molecule has 10 heteroatoms. The number of nitrogens with one attached hydrogen (secondary N) is 2. The van der Waals surface area contributed by atoms with Crippen molar-refractivity contribution in [2.24, 2.45) is 0 Å². The average molecular weight is 505 g/mol. The molecule has 0 fully saturated rings. The van der Waals surface area contributed by atoms with E-state index in [1.807, 2.05) is 0 Å². The van der Waals surface area contributed by atoms with Crippen LogP contribution in [0.15, 0.2) is 41.1 Å². The second-order valence-corrected chi connectivity index (χ2v) is 7.96. The Morgan fingerprint density at radius 1 is 1.22 bits per heavy atom. The van der Waals surface area contributed by atoms with E-state index in [0.717, 1.165) is 19.6 Å². The van der Waals surface area contributed by atoms with E-state index in [2.05, 4.69) is 55.3 Å². The smallest absolute Gasteiger partial charge is 0.257 e. The lowest BCUT2D eigenvalue weighted by atomic mass is 10.2. The van der Waals surface area contributed by atoms with Crippen LogP contribution in [-0.4, -0.2) is 53.6 Å². The van der Waals surface area contributed by atoms with Gasteiger partial charge in [0.2, 0.25) is 0 Å². The molecule has 8 nitrogen and oxygen atoms in total. The molecule has 0 aliphatic heterocycles. The fraction of sp³-hybridized carbons (Fsp3) is 0.318. The molecule has 2 aromatic carbocycles. The van der Waals surface area contributed by atoms with E-state index < -0.39 is 5.82 Å². The van der Waals surface area contributed by atoms with E-state index in [9.17, 15) is 9.18 Å². The Bertz CT molecular complexity index is 1090. The van der Waals surface area contributed by atoms with Crippen molar-refractivity contribution in [3.63, 3.8) is 0 Å². The number of fused-ring (bicyclic) bond motifs is 1. The summed E-state index contributed by atoms with van der Waals surface area (Å²) < 4.78 is 20.5. The number of hydrogen-bond acceptors (Lipinski definition) is 7. The number of nitrogens with zero attached hydrogens (tertiary/aromatic N) is 3. The summed E-state index contributed by atoms with van der Waals surface area (Å²) in [7, 11) is 0. The van der Waals surface area contributed by atoms with Gasteiger partial charge in [-0.1, -0.05) is 29.8 Å². The van der Waals surface area contributed by atoms with Crippen LogP contribution < -0.4 is 21.1 Å². The molecule has 1 aromatic heterocycles. The molecule has 0 radical (unpaired) electrons. The van der Waals surface area contributed by atoms with Gasteiger partial charge >= 0.3 is 0 Å². The minimum absolute atomic E-state index is 0.158. The van der Waals surface area contributed by atoms with Crippen molar-refractivity contribution in [3.05, 3.63) is 46.9 Å². The van der Waals surface area contributed by atoms with Crippen LogP contribution in [-0.2, 0) is 4.79 Å². The number of nitrogens with two attached hydrogens (primary N) is 1. The predicted molar refractivity (Wildman–Crippen MR) is 128 cm³/mol. The third kappa shape index (κ3) is 6.04. The Morgan fingerprint density at radius 3 is 2.72 bits per heavy atom. The molecule has 0 saturated carbocycles. The van der Waals surface area contributed by atoms with Crippen molar-refractivity contribution in [1.82, 2.24) is 20.2 Å². The summed E-state index contributed by atoms with van der Waals surface area (Å²) in [6.45, 7) is 7.20. The Morgan fingerprint density at radius 2 is 2.00 bits per heavy atom. The molecule has 0 spiro atoms. The van der Waals surface area contributed by atoms with E-state index >= 15 is 0 Å². The Balaban J connectivity index is 1.68. The number of ether oxygens (including phenoxy) is 1. The van der Waals surface area contributed by atoms with Crippen LogP contribution in [0.3, 0.4) is 0 Å². The summed E-state index contributed by atoms with van der Waals surface area (Å²) in [6, 6.07) is 7.97. The molecule has 0 atom stereocenters. The first kappa shape index (κ1) is 23.7. The first-order valence-electron chi connectivity index (χ1n) is 10.3. The molecule has 0 aliphatic carbocycles. The summed E-state index contributed by atoms with van der Waals surface area (Å²) in [5.74, 6) is 0.0953. The van der Waals surface area contributed by atoms with E-state index in [4.69, 9.17) is 10.5 Å². The van der Waals surface area contributed by atoms with Crippen molar-refractivity contribution in [2.75, 3.05) is 43.8 Å². The van der Waals surface area contributed by atoms with Crippen LogP contribution >= 0.6 is 15.9 Å². The topological polar surface area (TPSA) is 105 Å². The van der Waals surface area contributed by atoms with Crippen molar-refractivity contribution in [2.45, 2.75) is 13.8 Å². The van der Waals surface area contributed by atoms with E-state index in [0.29, 0.717) is 39.2 Å². The molecule has 1 amide bonds. The maximum Gasteiger partial charge on any atom is 0.257 e. The molecule has 170 valence electrons. The average Bonchev–Trinajstić information content (AvgIpc) is 2.77. The van der Waals surface area contributed by atoms with Gasteiger partial charge in [-0.05, 0) is 37.4 Å². The highest BCUT2D eigenvalue weighted by Crippen LogP contribution is 2.32. The van der Waals surface area contributed by atoms with Crippen LogP contribution in [0.2, 0.25) is 0 Å². The maximum atomic E-state index is 14.2. The standard InChI is InChI=1S/C22H26BrFN6O2/c1-3-30(4-2)8-7-26-21(31)12-32-20-11-19-15(10-17(20)25)22(28-13-27-19)29-18-6-5-14(23)9-16(18)24/h5-6,9-11,13H,3-4,7-8,12,25H2,1-2H3,(H,26,31)(H,27,28,29). The molecular formula is C22H26BrFN6O2. The van der Waals surface area contributed by atoms with Gasteiger partial charge in [-0.2, -0.15) is 0 Å². The van der Waals surface area contributed by atoms with Crippen LogP contribution in [0.5, 0.6) is 5.75 Å². The summed E-state index contributed by atoms with van der Waals surface area (Å²) in [6.07, 6.45) is 1.36. The first-order valence-corrected chi connectivity index (χ1v) is 11.1. The molecule has 0 aliphatic rings. The highest BCUT2D eigenvalue weighted by molar-refractivity contribution is 9.10. The minimum atomic E-state index is -0.425. The van der Waals surface area contributed by atoms with Gasteiger partial charge in [-0.3, -0.25) is 4.79 Å². The van der Waals surface area contributed by atoms with Gasteiger partial charge in [0.15, 0.2) is 6.61 Å². The first-order chi connectivity index (χ1) is 15.4. The number of aromatic nitrogens is 2. The highest BCUT2D eigenvalue weighted by atomic mass is 79.9.